The number of rotatable bonds is 8. The van der Waals surface area contributed by atoms with Gasteiger partial charge in [-0.25, -0.2) is 0 Å². The minimum atomic E-state index is 0.107. The van der Waals surface area contributed by atoms with Crippen molar-refractivity contribution in [3.05, 3.63) is 36.0 Å². The molecule has 4 nitrogen and oxygen atoms in total. The number of fused-ring (bicyclic) bond motifs is 1. The van der Waals surface area contributed by atoms with Gasteiger partial charge >= 0.3 is 0 Å². The van der Waals surface area contributed by atoms with Crippen LogP contribution in [0.1, 0.15) is 31.7 Å². The van der Waals surface area contributed by atoms with E-state index in [9.17, 15) is 4.79 Å². The quantitative estimate of drug-likeness (QED) is 0.733. The van der Waals surface area contributed by atoms with Gasteiger partial charge in [-0.05, 0) is 37.1 Å². The highest BCUT2D eigenvalue weighted by Gasteiger charge is 2.06. The van der Waals surface area contributed by atoms with Crippen LogP contribution in [0.5, 0.6) is 0 Å². The highest BCUT2D eigenvalue weighted by atomic mass is 16.1. The molecule has 114 valence electrons. The van der Waals surface area contributed by atoms with E-state index in [0.717, 1.165) is 32.5 Å². The Kier molecular flexibility index (Phi) is 5.81. The van der Waals surface area contributed by atoms with Gasteiger partial charge in [-0.1, -0.05) is 19.1 Å². The molecule has 0 atom stereocenters. The molecule has 0 saturated carbocycles. The number of carbonyl (C=O) groups excluding carboxylic acids is 1. The Morgan fingerprint density at radius 1 is 1.29 bits per heavy atom. The summed E-state index contributed by atoms with van der Waals surface area (Å²) in [5.41, 5.74) is 2.59. The van der Waals surface area contributed by atoms with Crippen molar-refractivity contribution >= 4 is 16.8 Å². The van der Waals surface area contributed by atoms with Crippen LogP contribution >= 0.6 is 0 Å². The molecule has 0 fully saturated rings. The fourth-order valence-electron chi connectivity index (χ4n) is 2.57. The predicted molar refractivity (Wildman–Crippen MR) is 87.2 cm³/mol. The van der Waals surface area contributed by atoms with E-state index < -0.39 is 0 Å². The van der Waals surface area contributed by atoms with Crippen molar-refractivity contribution in [1.29, 1.82) is 0 Å². The number of aryl methyl sites for hydroxylation is 1. The van der Waals surface area contributed by atoms with Crippen molar-refractivity contribution in [1.82, 2.24) is 15.2 Å². The largest absolute Gasteiger partial charge is 0.359 e. The van der Waals surface area contributed by atoms with E-state index in [1.165, 1.54) is 16.5 Å². The number of nitrogens with zero attached hydrogens (tertiary/aromatic N) is 1. The summed E-state index contributed by atoms with van der Waals surface area (Å²) in [6.45, 7) is 5.01. The standard InChI is InChI=1S/C17H25N3O/c1-3-10-19-13-14-6-4-7-16-15(14)9-12-20(16)11-5-8-17(21)18-2/h4,6-7,9,12,19H,3,5,8,10-11,13H2,1-2H3,(H,18,21). The first-order valence-electron chi connectivity index (χ1n) is 7.74. The number of aromatic nitrogens is 1. The molecule has 0 spiro atoms. The Hall–Kier alpha value is -1.81. The first-order valence-corrected chi connectivity index (χ1v) is 7.74. The molecule has 0 aliphatic heterocycles. The fraction of sp³-hybridized carbons (Fsp3) is 0.471. The average Bonchev–Trinajstić information content (AvgIpc) is 2.91. The van der Waals surface area contributed by atoms with Crippen molar-refractivity contribution < 1.29 is 4.79 Å². The van der Waals surface area contributed by atoms with Crippen molar-refractivity contribution in [2.45, 2.75) is 39.3 Å². The molecular formula is C17H25N3O. The summed E-state index contributed by atoms with van der Waals surface area (Å²) >= 11 is 0. The number of nitrogens with one attached hydrogen (secondary N) is 2. The SMILES string of the molecule is CCCNCc1cccc2c1ccn2CCCC(=O)NC. The van der Waals surface area contributed by atoms with Crippen LogP contribution in [0.15, 0.2) is 30.5 Å². The summed E-state index contributed by atoms with van der Waals surface area (Å²) in [7, 11) is 1.68. The predicted octanol–water partition coefficient (Wildman–Crippen LogP) is 2.67. The van der Waals surface area contributed by atoms with E-state index in [4.69, 9.17) is 0 Å². The molecule has 2 rings (SSSR count). The lowest BCUT2D eigenvalue weighted by molar-refractivity contribution is -0.120. The third kappa shape index (κ3) is 4.08. The molecule has 4 heteroatoms. The second-order valence-corrected chi connectivity index (χ2v) is 5.31. The van der Waals surface area contributed by atoms with Crippen molar-refractivity contribution in [3.8, 4) is 0 Å². The van der Waals surface area contributed by atoms with Gasteiger partial charge in [-0.15, -0.1) is 0 Å². The van der Waals surface area contributed by atoms with Crippen LogP contribution in [-0.4, -0.2) is 24.1 Å². The third-order valence-corrected chi connectivity index (χ3v) is 3.73. The van der Waals surface area contributed by atoms with E-state index in [2.05, 4.69) is 52.6 Å². The summed E-state index contributed by atoms with van der Waals surface area (Å²) < 4.78 is 2.24. The molecule has 1 aromatic carbocycles. The zero-order valence-corrected chi connectivity index (χ0v) is 13.0. The fourth-order valence-corrected chi connectivity index (χ4v) is 2.57. The van der Waals surface area contributed by atoms with Gasteiger partial charge in [0.25, 0.3) is 0 Å². The van der Waals surface area contributed by atoms with Gasteiger partial charge in [0.2, 0.25) is 5.91 Å². The van der Waals surface area contributed by atoms with Crippen LogP contribution in [0.2, 0.25) is 0 Å². The third-order valence-electron chi connectivity index (χ3n) is 3.73. The minimum absolute atomic E-state index is 0.107. The zero-order valence-electron chi connectivity index (χ0n) is 13.0. The maximum absolute atomic E-state index is 11.3. The first-order chi connectivity index (χ1) is 10.3. The van der Waals surface area contributed by atoms with Gasteiger partial charge in [0.05, 0.1) is 0 Å². The van der Waals surface area contributed by atoms with E-state index in [1.54, 1.807) is 7.05 Å². The van der Waals surface area contributed by atoms with Crippen LogP contribution in [0, 0.1) is 0 Å². The lowest BCUT2D eigenvalue weighted by Crippen LogP contribution is -2.17. The van der Waals surface area contributed by atoms with Crippen LogP contribution in [0.3, 0.4) is 0 Å². The van der Waals surface area contributed by atoms with Gasteiger partial charge in [0.15, 0.2) is 0 Å². The lowest BCUT2D eigenvalue weighted by atomic mass is 10.1. The zero-order chi connectivity index (χ0) is 15.1. The van der Waals surface area contributed by atoms with Gasteiger partial charge in [-0.2, -0.15) is 0 Å². The lowest BCUT2D eigenvalue weighted by Gasteiger charge is -2.08. The topological polar surface area (TPSA) is 46.1 Å². The second-order valence-electron chi connectivity index (χ2n) is 5.31. The normalized spacial score (nSPS) is 11.0. The average molecular weight is 287 g/mol. The molecule has 0 unspecified atom stereocenters. The maximum atomic E-state index is 11.3. The van der Waals surface area contributed by atoms with Gasteiger partial charge < -0.3 is 15.2 Å². The summed E-state index contributed by atoms with van der Waals surface area (Å²) in [6.07, 6.45) is 4.71. The summed E-state index contributed by atoms with van der Waals surface area (Å²) in [5.74, 6) is 0.107. The number of amides is 1. The molecule has 1 heterocycles. The monoisotopic (exact) mass is 287 g/mol. The Bertz CT molecular complexity index is 589. The molecule has 2 N–H and O–H groups in total. The van der Waals surface area contributed by atoms with Crippen LogP contribution in [-0.2, 0) is 17.9 Å². The highest BCUT2D eigenvalue weighted by molar-refractivity contribution is 5.83. The Morgan fingerprint density at radius 2 is 2.14 bits per heavy atom. The Labute approximate surface area is 126 Å². The molecule has 2 aromatic rings. The molecule has 0 aliphatic rings. The summed E-state index contributed by atoms with van der Waals surface area (Å²) in [6, 6.07) is 8.62. The van der Waals surface area contributed by atoms with E-state index >= 15 is 0 Å². The second kappa shape index (κ2) is 7.84. The van der Waals surface area contributed by atoms with Gasteiger partial charge in [0, 0.05) is 43.7 Å². The van der Waals surface area contributed by atoms with E-state index in [1.807, 2.05) is 0 Å². The van der Waals surface area contributed by atoms with E-state index in [0.29, 0.717) is 6.42 Å². The van der Waals surface area contributed by atoms with E-state index in [-0.39, 0.29) is 5.91 Å². The molecule has 0 radical (unpaired) electrons. The van der Waals surface area contributed by atoms with Crippen molar-refractivity contribution in [2.75, 3.05) is 13.6 Å². The molecule has 0 saturated heterocycles. The molecule has 1 amide bonds. The number of benzene rings is 1. The number of carbonyl (C=O) groups is 1. The van der Waals surface area contributed by atoms with Crippen molar-refractivity contribution in [2.24, 2.45) is 0 Å². The minimum Gasteiger partial charge on any atom is -0.359 e. The Balaban J connectivity index is 2.05. The van der Waals surface area contributed by atoms with Gasteiger partial charge in [0.1, 0.15) is 0 Å². The summed E-state index contributed by atoms with van der Waals surface area (Å²) in [5, 5.41) is 7.43. The molecule has 1 aromatic heterocycles. The first kappa shape index (κ1) is 15.6. The number of hydrogen-bond acceptors (Lipinski definition) is 2. The van der Waals surface area contributed by atoms with Crippen LogP contribution in [0.25, 0.3) is 10.9 Å². The maximum Gasteiger partial charge on any atom is 0.219 e. The summed E-state index contributed by atoms with van der Waals surface area (Å²) in [4.78, 5) is 11.3. The van der Waals surface area contributed by atoms with Crippen molar-refractivity contribution in [3.63, 3.8) is 0 Å². The smallest absolute Gasteiger partial charge is 0.219 e. The molecule has 21 heavy (non-hydrogen) atoms. The molecule has 0 bridgehead atoms. The molecule has 0 aliphatic carbocycles. The van der Waals surface area contributed by atoms with Gasteiger partial charge in [-0.3, -0.25) is 4.79 Å². The van der Waals surface area contributed by atoms with Crippen LogP contribution in [0.4, 0.5) is 0 Å². The Morgan fingerprint density at radius 3 is 2.90 bits per heavy atom. The number of hydrogen-bond donors (Lipinski definition) is 2. The van der Waals surface area contributed by atoms with Crippen LogP contribution < -0.4 is 10.6 Å². The highest BCUT2D eigenvalue weighted by Crippen LogP contribution is 2.20. The molecular weight excluding hydrogens is 262 g/mol.